The van der Waals surface area contributed by atoms with Crippen molar-refractivity contribution in [2.45, 2.75) is 6.92 Å². The van der Waals surface area contributed by atoms with Crippen LogP contribution in [0.5, 0.6) is 0 Å². The average molecular weight is 238 g/mol. The van der Waals surface area contributed by atoms with Gasteiger partial charge in [-0.25, -0.2) is 4.99 Å². The van der Waals surface area contributed by atoms with Crippen molar-refractivity contribution < 1.29 is 0 Å². The fraction of sp³-hybridized carbons (Fsp3) is 0.182. The lowest BCUT2D eigenvalue weighted by Gasteiger charge is -1.98. The number of nitrogens with zero attached hydrogens (tertiary/aromatic N) is 1. The van der Waals surface area contributed by atoms with Crippen LogP contribution >= 0.6 is 23.1 Å². The molecule has 15 heavy (non-hydrogen) atoms. The molecule has 2 nitrogen and oxygen atoms in total. The summed E-state index contributed by atoms with van der Waals surface area (Å²) in [6.07, 6.45) is 5.25. The van der Waals surface area contributed by atoms with Gasteiger partial charge < -0.3 is 5.73 Å². The lowest BCUT2D eigenvalue weighted by Crippen LogP contribution is -1.95. The summed E-state index contributed by atoms with van der Waals surface area (Å²) in [5.74, 6) is 0. The molecule has 1 aromatic heterocycles. The van der Waals surface area contributed by atoms with Crippen molar-refractivity contribution in [2.24, 2.45) is 10.7 Å². The highest BCUT2D eigenvalue weighted by Gasteiger charge is 2.03. The van der Waals surface area contributed by atoms with Gasteiger partial charge in [-0.1, -0.05) is 6.58 Å². The quantitative estimate of drug-likeness (QED) is 0.818. The molecular weight excluding hydrogens is 224 g/mol. The van der Waals surface area contributed by atoms with E-state index in [1.807, 2.05) is 12.3 Å². The second kappa shape index (κ2) is 5.78. The minimum absolute atomic E-state index is 0.786. The highest BCUT2D eigenvalue weighted by Crippen LogP contribution is 2.19. The molecule has 1 rings (SSSR count). The first-order valence-electron chi connectivity index (χ1n) is 4.44. The molecule has 0 saturated carbocycles. The standard InChI is InChI=1S/C11H14N2S2/c1-8-4-5-11(15-8)10(6-7-12)13-9(2)14-3/h4-7H,2,12H2,1,3H3/b7-6-,13-10+. The Labute approximate surface area is 98.6 Å². The Bertz CT molecular complexity index is 402. The number of aryl methyl sites for hydroxylation is 1. The molecular formula is C11H14N2S2. The van der Waals surface area contributed by atoms with Gasteiger partial charge in [-0.2, -0.15) is 0 Å². The van der Waals surface area contributed by atoms with Crippen LogP contribution in [-0.2, 0) is 0 Å². The van der Waals surface area contributed by atoms with Crippen LogP contribution in [0.2, 0.25) is 0 Å². The molecule has 0 aliphatic carbocycles. The third kappa shape index (κ3) is 3.57. The first-order chi connectivity index (χ1) is 7.17. The van der Waals surface area contributed by atoms with Gasteiger partial charge >= 0.3 is 0 Å². The van der Waals surface area contributed by atoms with Crippen LogP contribution < -0.4 is 5.73 Å². The van der Waals surface area contributed by atoms with Crippen molar-refractivity contribution in [3.8, 4) is 0 Å². The second-order valence-corrected chi connectivity index (χ2v) is 5.03. The first kappa shape index (κ1) is 12.1. The maximum absolute atomic E-state index is 5.40. The SMILES string of the molecule is C=C(/N=C(\C=C/N)c1ccc(C)s1)SC. The van der Waals surface area contributed by atoms with Crippen molar-refractivity contribution in [3.05, 3.63) is 45.8 Å². The monoisotopic (exact) mass is 238 g/mol. The van der Waals surface area contributed by atoms with Crippen LogP contribution in [0.1, 0.15) is 9.75 Å². The molecule has 0 aliphatic heterocycles. The van der Waals surface area contributed by atoms with Crippen LogP contribution in [0.4, 0.5) is 0 Å². The van der Waals surface area contributed by atoms with Crippen molar-refractivity contribution in [1.82, 2.24) is 0 Å². The number of nitrogens with two attached hydrogens (primary N) is 1. The summed E-state index contributed by atoms with van der Waals surface area (Å²) in [5, 5.41) is 0.786. The second-order valence-electron chi connectivity index (χ2n) is 2.86. The zero-order valence-electron chi connectivity index (χ0n) is 8.86. The fourth-order valence-electron chi connectivity index (χ4n) is 1.02. The summed E-state index contributed by atoms with van der Waals surface area (Å²) in [5.41, 5.74) is 6.27. The maximum atomic E-state index is 5.40. The van der Waals surface area contributed by atoms with Crippen molar-refractivity contribution in [3.63, 3.8) is 0 Å². The number of allylic oxidation sites excluding steroid dienone is 1. The normalized spacial score (nSPS) is 12.3. The van der Waals surface area contributed by atoms with E-state index in [1.54, 1.807) is 17.4 Å². The number of thiophene rings is 1. The van der Waals surface area contributed by atoms with E-state index in [4.69, 9.17) is 5.73 Å². The summed E-state index contributed by atoms with van der Waals surface area (Å²) in [6.45, 7) is 5.90. The lowest BCUT2D eigenvalue weighted by molar-refractivity contribution is 1.52. The van der Waals surface area contributed by atoms with Crippen LogP contribution in [0.15, 0.2) is 41.0 Å². The van der Waals surface area contributed by atoms with Crippen LogP contribution in [0.25, 0.3) is 0 Å². The fourth-order valence-corrected chi connectivity index (χ4v) is 2.04. The highest BCUT2D eigenvalue weighted by atomic mass is 32.2. The highest BCUT2D eigenvalue weighted by molar-refractivity contribution is 8.02. The Morgan fingerprint density at radius 2 is 2.33 bits per heavy atom. The van der Waals surface area contributed by atoms with E-state index in [-0.39, 0.29) is 0 Å². The number of hydrogen-bond donors (Lipinski definition) is 1. The van der Waals surface area contributed by atoms with Gasteiger partial charge in [-0.05, 0) is 37.6 Å². The molecule has 0 spiro atoms. The van der Waals surface area contributed by atoms with E-state index in [0.29, 0.717) is 0 Å². The third-order valence-corrected chi connectivity index (χ3v) is 3.31. The molecule has 1 heterocycles. The van der Waals surface area contributed by atoms with Crippen LogP contribution in [0, 0.1) is 6.92 Å². The van der Waals surface area contributed by atoms with E-state index >= 15 is 0 Å². The molecule has 0 bridgehead atoms. The van der Waals surface area contributed by atoms with E-state index in [9.17, 15) is 0 Å². The number of thioether (sulfide) groups is 1. The van der Waals surface area contributed by atoms with Crippen molar-refractivity contribution in [2.75, 3.05) is 6.26 Å². The van der Waals surface area contributed by atoms with Gasteiger partial charge in [0.15, 0.2) is 0 Å². The Hall–Kier alpha value is -1.000. The van der Waals surface area contributed by atoms with Crippen LogP contribution in [0.3, 0.4) is 0 Å². The van der Waals surface area contributed by atoms with E-state index < -0.39 is 0 Å². The topological polar surface area (TPSA) is 38.4 Å². The minimum atomic E-state index is 0.786. The summed E-state index contributed by atoms with van der Waals surface area (Å²) < 4.78 is 0. The van der Waals surface area contributed by atoms with Gasteiger partial charge in [0.2, 0.25) is 0 Å². The number of hydrogen-bond acceptors (Lipinski definition) is 4. The lowest BCUT2D eigenvalue weighted by atomic mass is 10.3. The molecule has 0 amide bonds. The molecule has 0 unspecified atom stereocenters. The largest absolute Gasteiger partial charge is 0.405 e. The molecule has 4 heteroatoms. The van der Waals surface area contributed by atoms with Crippen LogP contribution in [-0.4, -0.2) is 12.0 Å². The molecule has 0 aromatic carbocycles. The van der Waals surface area contributed by atoms with Gasteiger partial charge in [-0.15, -0.1) is 23.1 Å². The summed E-state index contributed by atoms with van der Waals surface area (Å²) in [4.78, 5) is 6.77. The van der Waals surface area contributed by atoms with Gasteiger partial charge in [0.25, 0.3) is 0 Å². The number of rotatable bonds is 4. The van der Waals surface area contributed by atoms with Crippen molar-refractivity contribution >= 4 is 28.8 Å². The molecule has 80 valence electrons. The molecule has 0 saturated heterocycles. The van der Waals surface area contributed by atoms with Gasteiger partial charge in [0.05, 0.1) is 15.6 Å². The predicted molar refractivity (Wildman–Crippen MR) is 71.6 cm³/mol. The summed E-state index contributed by atoms with van der Waals surface area (Å²) in [7, 11) is 0. The van der Waals surface area contributed by atoms with Gasteiger partial charge in [-0.3, -0.25) is 0 Å². The maximum Gasteiger partial charge on any atom is 0.0893 e. The minimum Gasteiger partial charge on any atom is -0.405 e. The van der Waals surface area contributed by atoms with E-state index in [1.165, 1.54) is 22.8 Å². The van der Waals surface area contributed by atoms with E-state index in [0.717, 1.165) is 15.6 Å². The Morgan fingerprint density at radius 3 is 2.80 bits per heavy atom. The smallest absolute Gasteiger partial charge is 0.0893 e. The first-order valence-corrected chi connectivity index (χ1v) is 6.48. The predicted octanol–water partition coefficient (Wildman–Crippen LogP) is 3.15. The van der Waals surface area contributed by atoms with E-state index in [2.05, 4.69) is 24.6 Å². The Balaban J connectivity index is 3.03. The molecule has 1 aromatic rings. The number of aliphatic imine (C=N–C) groups is 1. The molecule has 2 N–H and O–H groups in total. The zero-order chi connectivity index (χ0) is 11.3. The Morgan fingerprint density at radius 1 is 1.60 bits per heavy atom. The zero-order valence-corrected chi connectivity index (χ0v) is 10.5. The molecule has 0 radical (unpaired) electrons. The van der Waals surface area contributed by atoms with Crippen molar-refractivity contribution in [1.29, 1.82) is 0 Å². The van der Waals surface area contributed by atoms with Gasteiger partial charge in [0, 0.05) is 4.88 Å². The Kier molecular flexibility index (Phi) is 4.65. The average Bonchev–Trinajstić information content (AvgIpc) is 2.64. The molecule has 0 fully saturated rings. The molecule has 0 atom stereocenters. The third-order valence-electron chi connectivity index (χ3n) is 1.73. The summed E-state index contributed by atoms with van der Waals surface area (Å²) in [6, 6.07) is 4.12. The molecule has 0 aliphatic rings. The summed E-state index contributed by atoms with van der Waals surface area (Å²) >= 11 is 3.23. The van der Waals surface area contributed by atoms with Gasteiger partial charge in [0.1, 0.15) is 0 Å².